The molecule has 0 saturated carbocycles. The minimum atomic E-state index is -0.511. The van der Waals surface area contributed by atoms with Crippen molar-refractivity contribution in [3.05, 3.63) is 28.2 Å². The van der Waals surface area contributed by atoms with Gasteiger partial charge >= 0.3 is 0 Å². The van der Waals surface area contributed by atoms with Crippen LogP contribution >= 0.6 is 58.1 Å². The zero-order valence-electron chi connectivity index (χ0n) is 11.7. The van der Waals surface area contributed by atoms with E-state index in [4.69, 9.17) is 23.2 Å². The average Bonchev–Trinajstić information content (AvgIpc) is 3.03. The molecule has 23 heavy (non-hydrogen) atoms. The number of halogens is 2. The number of benzene rings is 1. The third kappa shape index (κ3) is 3.66. The highest BCUT2D eigenvalue weighted by molar-refractivity contribution is 8.03. The minimum absolute atomic E-state index is 0.113. The van der Waals surface area contributed by atoms with Crippen molar-refractivity contribution < 1.29 is 9.59 Å². The Labute approximate surface area is 154 Å². The molecule has 1 aromatic heterocycles. The van der Waals surface area contributed by atoms with Gasteiger partial charge in [0.15, 0.2) is 8.68 Å². The molecule has 1 saturated heterocycles. The Morgan fingerprint density at radius 2 is 1.83 bits per heavy atom. The van der Waals surface area contributed by atoms with Crippen molar-refractivity contribution in [2.24, 2.45) is 0 Å². The molecule has 1 fully saturated rings. The van der Waals surface area contributed by atoms with Crippen molar-refractivity contribution >= 4 is 75.6 Å². The van der Waals surface area contributed by atoms with E-state index in [1.54, 1.807) is 18.2 Å². The molecule has 1 aliphatic heterocycles. The summed E-state index contributed by atoms with van der Waals surface area (Å²) in [7, 11) is 0. The zero-order chi connectivity index (χ0) is 16.6. The summed E-state index contributed by atoms with van der Waals surface area (Å²) in [6.07, 6.45) is 2.02. The van der Waals surface area contributed by atoms with Gasteiger partial charge < -0.3 is 0 Å². The lowest BCUT2D eigenvalue weighted by atomic mass is 10.3. The summed E-state index contributed by atoms with van der Waals surface area (Å²) in [5.41, 5.74) is 0.391. The van der Waals surface area contributed by atoms with Gasteiger partial charge in [0.1, 0.15) is 5.25 Å². The fourth-order valence-electron chi connectivity index (χ4n) is 2.08. The summed E-state index contributed by atoms with van der Waals surface area (Å²) >= 11 is 16.1. The van der Waals surface area contributed by atoms with Gasteiger partial charge in [-0.15, -0.1) is 10.2 Å². The van der Waals surface area contributed by atoms with Crippen LogP contribution in [0.15, 0.2) is 26.9 Å². The van der Waals surface area contributed by atoms with Crippen LogP contribution in [0.4, 0.5) is 5.69 Å². The molecule has 2 heterocycles. The first-order valence-electron chi connectivity index (χ1n) is 6.35. The van der Waals surface area contributed by atoms with Gasteiger partial charge in [0.05, 0.1) is 5.69 Å². The number of hydrogen-bond acceptors (Lipinski definition) is 7. The number of hydrogen-bond donors (Lipinski definition) is 0. The summed E-state index contributed by atoms with van der Waals surface area (Å²) < 4.78 is 1.49. The standard InChI is InChI=1S/C13H9Cl2N3O2S3/c1-21-12-16-17-13(23-12)22-9-5-10(19)18(11(9)20)8-3-6(14)2-7(15)4-8/h2-4,9H,5H2,1H3. The van der Waals surface area contributed by atoms with Crippen LogP contribution in [-0.4, -0.2) is 33.5 Å². The van der Waals surface area contributed by atoms with Gasteiger partial charge in [-0.2, -0.15) is 0 Å². The van der Waals surface area contributed by atoms with Crippen LogP contribution in [0.5, 0.6) is 0 Å². The van der Waals surface area contributed by atoms with Crippen LogP contribution < -0.4 is 4.90 Å². The Kier molecular flexibility index (Phi) is 5.17. The molecule has 1 atom stereocenters. The summed E-state index contributed by atoms with van der Waals surface area (Å²) in [4.78, 5) is 25.9. The Balaban J connectivity index is 1.82. The molecule has 0 radical (unpaired) electrons. The van der Waals surface area contributed by atoms with Gasteiger partial charge in [0.25, 0.3) is 0 Å². The van der Waals surface area contributed by atoms with Gasteiger partial charge in [-0.25, -0.2) is 4.90 Å². The second kappa shape index (κ2) is 6.98. The van der Waals surface area contributed by atoms with E-state index >= 15 is 0 Å². The molecule has 120 valence electrons. The van der Waals surface area contributed by atoms with Crippen molar-refractivity contribution in [1.29, 1.82) is 0 Å². The number of thioether (sulfide) groups is 2. The van der Waals surface area contributed by atoms with E-state index in [0.717, 1.165) is 9.24 Å². The smallest absolute Gasteiger partial charge is 0.247 e. The second-order valence-electron chi connectivity index (χ2n) is 4.54. The number of imide groups is 1. The van der Waals surface area contributed by atoms with Crippen molar-refractivity contribution in [2.45, 2.75) is 20.4 Å². The Morgan fingerprint density at radius 3 is 2.43 bits per heavy atom. The SMILES string of the molecule is CSc1nnc(SC2CC(=O)N(c3cc(Cl)cc(Cl)c3)C2=O)s1. The fraction of sp³-hybridized carbons (Fsp3) is 0.231. The van der Waals surface area contributed by atoms with E-state index in [2.05, 4.69) is 10.2 Å². The number of carbonyl (C=O) groups excluding carboxylic acids is 2. The highest BCUT2D eigenvalue weighted by Crippen LogP contribution is 2.37. The van der Waals surface area contributed by atoms with Crippen LogP contribution in [0.1, 0.15) is 6.42 Å². The van der Waals surface area contributed by atoms with Crippen LogP contribution in [0, 0.1) is 0 Å². The molecule has 1 unspecified atom stereocenters. The van der Waals surface area contributed by atoms with Crippen molar-refractivity contribution in [1.82, 2.24) is 10.2 Å². The predicted molar refractivity (Wildman–Crippen MR) is 94.9 cm³/mol. The zero-order valence-corrected chi connectivity index (χ0v) is 15.6. The number of carbonyl (C=O) groups is 2. The molecule has 3 rings (SSSR count). The van der Waals surface area contributed by atoms with E-state index in [0.29, 0.717) is 20.1 Å². The van der Waals surface area contributed by atoms with E-state index < -0.39 is 5.25 Å². The summed E-state index contributed by atoms with van der Waals surface area (Å²) in [6.45, 7) is 0. The monoisotopic (exact) mass is 405 g/mol. The van der Waals surface area contributed by atoms with Gasteiger partial charge in [-0.05, 0) is 24.5 Å². The number of aromatic nitrogens is 2. The number of amides is 2. The molecule has 0 spiro atoms. The Bertz CT molecular complexity index is 763. The van der Waals surface area contributed by atoms with Crippen LogP contribution in [-0.2, 0) is 9.59 Å². The first-order valence-corrected chi connectivity index (χ1v) is 10.0. The molecule has 5 nitrogen and oxygen atoms in total. The Morgan fingerprint density at radius 1 is 1.17 bits per heavy atom. The number of rotatable bonds is 4. The maximum atomic E-state index is 12.6. The summed E-state index contributed by atoms with van der Waals surface area (Å²) in [6, 6.07) is 4.65. The molecular weight excluding hydrogens is 397 g/mol. The first kappa shape index (κ1) is 17.0. The second-order valence-corrected chi connectivity index (χ2v) is 8.90. The minimum Gasteiger partial charge on any atom is -0.274 e. The van der Waals surface area contributed by atoms with Gasteiger partial charge in [-0.1, -0.05) is 58.1 Å². The maximum Gasteiger partial charge on any atom is 0.247 e. The quantitative estimate of drug-likeness (QED) is 0.565. The van der Waals surface area contributed by atoms with Gasteiger partial charge in [-0.3, -0.25) is 9.59 Å². The van der Waals surface area contributed by atoms with Crippen LogP contribution in [0.25, 0.3) is 0 Å². The lowest BCUT2D eigenvalue weighted by Crippen LogP contribution is -2.31. The topological polar surface area (TPSA) is 63.2 Å². The van der Waals surface area contributed by atoms with E-state index in [-0.39, 0.29) is 18.2 Å². The van der Waals surface area contributed by atoms with Gasteiger partial charge in [0.2, 0.25) is 11.8 Å². The molecule has 2 amide bonds. The fourth-order valence-corrected chi connectivity index (χ4v) is 5.30. The predicted octanol–water partition coefficient (Wildman–Crippen LogP) is 3.99. The third-order valence-electron chi connectivity index (χ3n) is 3.02. The summed E-state index contributed by atoms with van der Waals surface area (Å²) in [5.74, 6) is -0.570. The highest BCUT2D eigenvalue weighted by atomic mass is 35.5. The molecular formula is C13H9Cl2N3O2S3. The van der Waals surface area contributed by atoms with Gasteiger partial charge in [0, 0.05) is 16.5 Å². The molecule has 0 bridgehead atoms. The maximum absolute atomic E-state index is 12.6. The molecule has 0 aliphatic carbocycles. The molecule has 1 aliphatic rings. The van der Waals surface area contributed by atoms with Crippen molar-refractivity contribution in [3.63, 3.8) is 0 Å². The van der Waals surface area contributed by atoms with Crippen LogP contribution in [0.2, 0.25) is 10.0 Å². The van der Waals surface area contributed by atoms with Crippen LogP contribution in [0.3, 0.4) is 0 Å². The largest absolute Gasteiger partial charge is 0.274 e. The number of nitrogens with zero attached hydrogens (tertiary/aromatic N) is 3. The average molecular weight is 406 g/mol. The van der Waals surface area contributed by atoms with Crippen molar-refractivity contribution in [2.75, 3.05) is 11.2 Å². The van der Waals surface area contributed by atoms with E-state index in [1.165, 1.54) is 34.9 Å². The Hall–Kier alpha value is -0.800. The number of anilines is 1. The molecule has 0 N–H and O–H groups in total. The molecule has 10 heteroatoms. The highest BCUT2D eigenvalue weighted by Gasteiger charge is 2.41. The van der Waals surface area contributed by atoms with E-state index in [1.807, 2.05) is 6.26 Å². The normalized spacial score (nSPS) is 18.0. The van der Waals surface area contributed by atoms with E-state index in [9.17, 15) is 9.59 Å². The lowest BCUT2D eigenvalue weighted by Gasteiger charge is -2.15. The molecule has 1 aromatic carbocycles. The summed E-state index contributed by atoms with van der Waals surface area (Å²) in [5, 5.41) is 8.24. The molecule has 2 aromatic rings. The first-order chi connectivity index (χ1) is 11.0. The third-order valence-corrected chi connectivity index (χ3v) is 6.62. The lowest BCUT2D eigenvalue weighted by molar-refractivity contribution is -0.121. The van der Waals surface area contributed by atoms with Crippen molar-refractivity contribution in [3.8, 4) is 0 Å².